The summed E-state index contributed by atoms with van der Waals surface area (Å²) in [5.74, 6) is 0. The van der Waals surface area contributed by atoms with Crippen LogP contribution in [0, 0.1) is 0 Å². The number of aryl methyl sites for hydroxylation is 1. The van der Waals surface area contributed by atoms with Gasteiger partial charge in [0, 0.05) is 10.9 Å². The Hall–Kier alpha value is -0.390. The third kappa shape index (κ3) is 2.16. The monoisotopic (exact) mass is 273 g/mol. The highest BCUT2D eigenvalue weighted by Gasteiger charge is 2.37. The summed E-state index contributed by atoms with van der Waals surface area (Å²) in [6.45, 7) is 6.80. The maximum absolute atomic E-state index is 12.3. The van der Waals surface area contributed by atoms with Crippen LogP contribution in [-0.2, 0) is 16.3 Å². The zero-order chi connectivity index (χ0) is 12.6. The first-order valence-electron chi connectivity index (χ1n) is 6.10. The van der Waals surface area contributed by atoms with E-state index in [2.05, 4.69) is 25.2 Å². The molecule has 0 radical (unpaired) electrons. The van der Waals surface area contributed by atoms with E-state index in [0.29, 0.717) is 10.6 Å². The Bertz CT molecular complexity index is 505. The number of sulfone groups is 1. The predicted octanol–water partition coefficient (Wildman–Crippen LogP) is 2.53. The molecule has 5 heteroatoms. The highest BCUT2D eigenvalue weighted by atomic mass is 32.2. The van der Waals surface area contributed by atoms with Crippen LogP contribution in [0.25, 0.3) is 0 Å². The molecular formula is C12H19NO2S2. The summed E-state index contributed by atoms with van der Waals surface area (Å²) in [6.07, 6.45) is 1.59. The molecule has 0 saturated heterocycles. The number of rotatable bonds is 3. The van der Waals surface area contributed by atoms with E-state index >= 15 is 0 Å². The van der Waals surface area contributed by atoms with Crippen LogP contribution in [0.1, 0.15) is 43.7 Å². The number of hydrogen-bond acceptors (Lipinski definition) is 4. The van der Waals surface area contributed by atoms with Gasteiger partial charge in [0.15, 0.2) is 9.84 Å². The molecule has 0 saturated carbocycles. The van der Waals surface area contributed by atoms with Gasteiger partial charge >= 0.3 is 0 Å². The summed E-state index contributed by atoms with van der Waals surface area (Å²) >= 11 is 1.45. The molecule has 1 aromatic heterocycles. The van der Waals surface area contributed by atoms with Crippen LogP contribution >= 0.6 is 11.3 Å². The van der Waals surface area contributed by atoms with Gasteiger partial charge in [0.2, 0.25) is 0 Å². The van der Waals surface area contributed by atoms with Gasteiger partial charge in [-0.2, -0.15) is 0 Å². The molecule has 17 heavy (non-hydrogen) atoms. The minimum absolute atomic E-state index is 0.199. The average Bonchev–Trinajstić information content (AvgIpc) is 2.71. The summed E-state index contributed by atoms with van der Waals surface area (Å²) in [7, 11) is -3.08. The number of fused-ring (bicyclic) bond motifs is 1. The van der Waals surface area contributed by atoms with Crippen molar-refractivity contribution in [2.24, 2.45) is 0 Å². The highest BCUT2D eigenvalue weighted by Crippen LogP contribution is 2.41. The summed E-state index contributed by atoms with van der Waals surface area (Å²) in [6, 6.07) is 2.27. The molecule has 1 N–H and O–H groups in total. The van der Waals surface area contributed by atoms with Crippen molar-refractivity contribution in [1.29, 1.82) is 0 Å². The van der Waals surface area contributed by atoms with E-state index in [0.717, 1.165) is 23.4 Å². The molecule has 2 heterocycles. The largest absolute Gasteiger partial charge is 0.310 e. The van der Waals surface area contributed by atoms with E-state index in [9.17, 15) is 8.42 Å². The Morgan fingerprint density at radius 1 is 1.47 bits per heavy atom. The van der Waals surface area contributed by atoms with Gasteiger partial charge in [0.1, 0.15) is 4.21 Å². The molecule has 96 valence electrons. The van der Waals surface area contributed by atoms with E-state index < -0.39 is 9.84 Å². The van der Waals surface area contributed by atoms with Crippen molar-refractivity contribution in [3.05, 3.63) is 16.5 Å². The smallest absolute Gasteiger partial charge is 0.190 e. The lowest BCUT2D eigenvalue weighted by molar-refractivity contribution is 0.478. The summed E-state index contributed by atoms with van der Waals surface area (Å²) in [5.41, 5.74) is 0.992. The topological polar surface area (TPSA) is 46.2 Å². The SMILES string of the molecule is CCNC1CC(C)S(=O)(=O)c2sc(CC)cc21. The van der Waals surface area contributed by atoms with Gasteiger partial charge in [-0.05, 0) is 37.9 Å². The van der Waals surface area contributed by atoms with Crippen LogP contribution in [0.15, 0.2) is 10.3 Å². The minimum atomic E-state index is -3.08. The third-order valence-electron chi connectivity index (χ3n) is 3.31. The van der Waals surface area contributed by atoms with Gasteiger partial charge in [-0.15, -0.1) is 11.3 Å². The molecule has 1 aromatic rings. The van der Waals surface area contributed by atoms with Crippen molar-refractivity contribution in [2.75, 3.05) is 6.54 Å². The summed E-state index contributed by atoms with van der Waals surface area (Å²) < 4.78 is 25.1. The first kappa shape index (κ1) is 13.1. The quantitative estimate of drug-likeness (QED) is 0.920. The minimum Gasteiger partial charge on any atom is -0.310 e. The fourth-order valence-corrected chi connectivity index (χ4v) is 5.79. The normalized spacial score (nSPS) is 26.8. The van der Waals surface area contributed by atoms with Crippen molar-refractivity contribution in [3.8, 4) is 0 Å². The molecular weight excluding hydrogens is 254 g/mol. The molecule has 1 aliphatic heterocycles. The van der Waals surface area contributed by atoms with E-state index in [4.69, 9.17) is 0 Å². The van der Waals surface area contributed by atoms with E-state index in [-0.39, 0.29) is 11.3 Å². The zero-order valence-corrected chi connectivity index (χ0v) is 12.1. The van der Waals surface area contributed by atoms with Gasteiger partial charge in [-0.3, -0.25) is 0 Å². The maximum Gasteiger partial charge on any atom is 0.190 e. The van der Waals surface area contributed by atoms with E-state index in [1.54, 1.807) is 0 Å². The van der Waals surface area contributed by atoms with Crippen molar-refractivity contribution in [3.63, 3.8) is 0 Å². The van der Waals surface area contributed by atoms with E-state index in [1.165, 1.54) is 11.3 Å². The fraction of sp³-hybridized carbons (Fsp3) is 0.667. The lowest BCUT2D eigenvalue weighted by atomic mass is 10.0. The van der Waals surface area contributed by atoms with Crippen LogP contribution in [0.3, 0.4) is 0 Å². The zero-order valence-electron chi connectivity index (χ0n) is 10.5. The highest BCUT2D eigenvalue weighted by molar-refractivity contribution is 7.94. The molecule has 0 aromatic carbocycles. The van der Waals surface area contributed by atoms with Crippen LogP contribution < -0.4 is 5.32 Å². The van der Waals surface area contributed by atoms with Crippen molar-refractivity contribution < 1.29 is 8.42 Å². The maximum atomic E-state index is 12.3. The van der Waals surface area contributed by atoms with Crippen LogP contribution in [0.4, 0.5) is 0 Å². The summed E-state index contributed by atoms with van der Waals surface area (Å²) in [4.78, 5) is 1.16. The standard InChI is InChI=1S/C12H19NO2S2/c1-4-9-7-10-11(13-5-2)6-8(3)17(14,15)12(10)16-9/h7-8,11,13H,4-6H2,1-3H3. The van der Waals surface area contributed by atoms with Crippen LogP contribution in [0.5, 0.6) is 0 Å². The van der Waals surface area contributed by atoms with Gasteiger partial charge in [0.05, 0.1) is 5.25 Å². The lowest BCUT2D eigenvalue weighted by Gasteiger charge is -2.27. The molecule has 0 aliphatic carbocycles. The van der Waals surface area contributed by atoms with Crippen molar-refractivity contribution in [1.82, 2.24) is 5.32 Å². The Labute approximate surface area is 107 Å². The Morgan fingerprint density at radius 3 is 2.76 bits per heavy atom. The third-order valence-corrected chi connectivity index (χ3v) is 7.35. The second kappa shape index (κ2) is 4.71. The molecule has 3 nitrogen and oxygen atoms in total. The molecule has 0 amide bonds. The van der Waals surface area contributed by atoms with Crippen LogP contribution in [-0.4, -0.2) is 20.2 Å². The van der Waals surface area contributed by atoms with Crippen LogP contribution in [0.2, 0.25) is 0 Å². The van der Waals surface area contributed by atoms with Gasteiger partial charge in [-0.25, -0.2) is 8.42 Å². The fourth-order valence-electron chi connectivity index (χ4n) is 2.29. The van der Waals surface area contributed by atoms with Gasteiger partial charge in [0.25, 0.3) is 0 Å². The molecule has 0 bridgehead atoms. The van der Waals surface area contributed by atoms with Crippen molar-refractivity contribution >= 4 is 21.2 Å². The average molecular weight is 273 g/mol. The predicted molar refractivity (Wildman–Crippen MR) is 71.4 cm³/mol. The summed E-state index contributed by atoms with van der Waals surface area (Å²) in [5, 5.41) is 3.11. The first-order valence-corrected chi connectivity index (χ1v) is 8.46. The Morgan fingerprint density at radius 2 is 2.18 bits per heavy atom. The lowest BCUT2D eigenvalue weighted by Crippen LogP contribution is -2.33. The molecule has 2 unspecified atom stereocenters. The number of nitrogens with one attached hydrogen (secondary N) is 1. The van der Waals surface area contributed by atoms with Crippen molar-refractivity contribution in [2.45, 2.75) is 49.1 Å². The second-order valence-corrected chi connectivity index (χ2v) is 8.21. The molecule has 2 rings (SSSR count). The Balaban J connectivity index is 2.52. The van der Waals surface area contributed by atoms with Gasteiger partial charge < -0.3 is 5.32 Å². The first-order chi connectivity index (χ1) is 8.00. The second-order valence-electron chi connectivity index (χ2n) is 4.51. The van der Waals surface area contributed by atoms with Gasteiger partial charge in [-0.1, -0.05) is 13.8 Å². The Kier molecular flexibility index (Phi) is 3.61. The molecule has 1 aliphatic rings. The molecule has 0 fully saturated rings. The number of hydrogen-bond donors (Lipinski definition) is 1. The van der Waals surface area contributed by atoms with E-state index in [1.807, 2.05) is 6.92 Å². The molecule has 0 spiro atoms. The molecule has 2 atom stereocenters. The number of thiophene rings is 1.